The van der Waals surface area contributed by atoms with Crippen LogP contribution in [0.5, 0.6) is 0 Å². The van der Waals surface area contributed by atoms with E-state index in [2.05, 4.69) is 11.8 Å². The molecule has 0 aromatic carbocycles. The fraction of sp³-hybridized carbons (Fsp3) is 1.00. The standard InChI is InChI=1S/C9H16FNO/c1-7-2-9(6-12)3-8(10)5-11(9)4-7/h7-8,12H,2-6H2,1H3/t7?,8-,9-/m1/s1. The zero-order valence-corrected chi connectivity index (χ0v) is 7.46. The van der Waals surface area contributed by atoms with Crippen molar-refractivity contribution in [2.75, 3.05) is 19.7 Å². The summed E-state index contributed by atoms with van der Waals surface area (Å²) < 4.78 is 13.1. The number of aliphatic hydroxyl groups is 1. The number of halogens is 1. The average molecular weight is 173 g/mol. The minimum Gasteiger partial charge on any atom is -0.394 e. The highest BCUT2D eigenvalue weighted by atomic mass is 19.1. The van der Waals surface area contributed by atoms with Crippen LogP contribution in [-0.2, 0) is 0 Å². The Hall–Kier alpha value is -0.150. The molecule has 2 nitrogen and oxygen atoms in total. The van der Waals surface area contributed by atoms with Gasteiger partial charge in [0.2, 0.25) is 0 Å². The van der Waals surface area contributed by atoms with Crippen molar-refractivity contribution < 1.29 is 9.50 Å². The van der Waals surface area contributed by atoms with Crippen molar-refractivity contribution in [2.24, 2.45) is 5.92 Å². The second-order valence-corrected chi connectivity index (χ2v) is 4.40. The molecule has 2 heterocycles. The van der Waals surface area contributed by atoms with Crippen LogP contribution in [0.15, 0.2) is 0 Å². The van der Waals surface area contributed by atoms with E-state index in [0.717, 1.165) is 13.0 Å². The molecule has 0 aromatic heterocycles. The first-order valence-electron chi connectivity index (χ1n) is 4.66. The summed E-state index contributed by atoms with van der Waals surface area (Å²) in [6, 6.07) is 0. The summed E-state index contributed by atoms with van der Waals surface area (Å²) in [5.74, 6) is 0.615. The number of fused-ring (bicyclic) bond motifs is 1. The fourth-order valence-corrected chi connectivity index (χ4v) is 2.84. The zero-order chi connectivity index (χ0) is 8.77. The number of hydrogen-bond donors (Lipinski definition) is 1. The number of alkyl halides is 1. The lowest BCUT2D eigenvalue weighted by atomic mass is 9.91. The molecule has 0 amide bonds. The molecule has 70 valence electrons. The third kappa shape index (κ3) is 1.07. The molecule has 12 heavy (non-hydrogen) atoms. The molecule has 0 aromatic rings. The highest BCUT2D eigenvalue weighted by Crippen LogP contribution is 2.41. The molecule has 2 fully saturated rings. The van der Waals surface area contributed by atoms with Crippen LogP contribution in [-0.4, -0.2) is 41.4 Å². The van der Waals surface area contributed by atoms with E-state index in [1.54, 1.807) is 0 Å². The number of aliphatic hydroxyl groups excluding tert-OH is 1. The predicted octanol–water partition coefficient (Wildman–Crippen LogP) is 0.801. The maximum absolute atomic E-state index is 13.1. The van der Waals surface area contributed by atoms with E-state index in [0.29, 0.717) is 18.9 Å². The molecule has 3 heteroatoms. The van der Waals surface area contributed by atoms with Gasteiger partial charge in [-0.1, -0.05) is 6.92 Å². The number of nitrogens with zero attached hydrogens (tertiary/aromatic N) is 1. The Balaban J connectivity index is 2.16. The van der Waals surface area contributed by atoms with Gasteiger partial charge in [0.1, 0.15) is 6.17 Å². The van der Waals surface area contributed by atoms with E-state index < -0.39 is 6.17 Å². The molecule has 0 saturated carbocycles. The zero-order valence-electron chi connectivity index (χ0n) is 7.46. The topological polar surface area (TPSA) is 23.5 Å². The molecule has 0 spiro atoms. The van der Waals surface area contributed by atoms with E-state index in [9.17, 15) is 9.50 Å². The minimum atomic E-state index is -0.718. The van der Waals surface area contributed by atoms with Gasteiger partial charge in [-0.25, -0.2) is 4.39 Å². The van der Waals surface area contributed by atoms with Crippen molar-refractivity contribution in [3.8, 4) is 0 Å². The third-order valence-electron chi connectivity index (χ3n) is 3.25. The predicted molar refractivity (Wildman–Crippen MR) is 44.7 cm³/mol. The summed E-state index contributed by atoms with van der Waals surface area (Å²) in [4.78, 5) is 2.13. The maximum atomic E-state index is 13.1. The molecule has 0 aliphatic carbocycles. The van der Waals surface area contributed by atoms with Gasteiger partial charge in [0.15, 0.2) is 0 Å². The summed E-state index contributed by atoms with van der Waals surface area (Å²) >= 11 is 0. The molecule has 2 aliphatic rings. The Bertz CT molecular complexity index is 171. The lowest BCUT2D eigenvalue weighted by Crippen LogP contribution is -2.41. The normalized spacial score (nSPS) is 48.2. The largest absolute Gasteiger partial charge is 0.394 e. The van der Waals surface area contributed by atoms with Crippen LogP contribution in [0.4, 0.5) is 4.39 Å². The Kier molecular flexibility index (Phi) is 1.88. The van der Waals surface area contributed by atoms with E-state index in [-0.39, 0.29) is 12.1 Å². The van der Waals surface area contributed by atoms with Crippen LogP contribution in [0.25, 0.3) is 0 Å². The first kappa shape index (κ1) is 8.45. The minimum absolute atomic E-state index is 0.123. The monoisotopic (exact) mass is 173 g/mol. The van der Waals surface area contributed by atoms with Crippen LogP contribution in [0.2, 0.25) is 0 Å². The van der Waals surface area contributed by atoms with Crippen LogP contribution in [0.3, 0.4) is 0 Å². The number of rotatable bonds is 1. The van der Waals surface area contributed by atoms with Gasteiger partial charge in [-0.2, -0.15) is 0 Å². The van der Waals surface area contributed by atoms with Gasteiger partial charge in [0.25, 0.3) is 0 Å². The van der Waals surface area contributed by atoms with E-state index in [1.165, 1.54) is 0 Å². The molecule has 1 N–H and O–H groups in total. The van der Waals surface area contributed by atoms with Crippen molar-refractivity contribution in [1.29, 1.82) is 0 Å². The van der Waals surface area contributed by atoms with Crippen LogP contribution >= 0.6 is 0 Å². The Labute approximate surface area is 72.4 Å². The Morgan fingerprint density at radius 3 is 2.83 bits per heavy atom. The van der Waals surface area contributed by atoms with Crippen LogP contribution in [0, 0.1) is 5.92 Å². The van der Waals surface area contributed by atoms with Gasteiger partial charge < -0.3 is 5.11 Å². The maximum Gasteiger partial charge on any atom is 0.115 e. The van der Waals surface area contributed by atoms with Gasteiger partial charge in [0.05, 0.1) is 6.61 Å². The SMILES string of the molecule is CC1CN2C[C@H](F)C[C@@]2(CO)C1. The summed E-state index contributed by atoms with van der Waals surface area (Å²) in [5.41, 5.74) is -0.196. The number of hydrogen-bond acceptors (Lipinski definition) is 2. The first-order chi connectivity index (χ1) is 5.66. The molecular formula is C9H16FNO. The second kappa shape index (κ2) is 2.67. The van der Waals surface area contributed by atoms with Crippen molar-refractivity contribution in [3.63, 3.8) is 0 Å². The van der Waals surface area contributed by atoms with E-state index in [1.807, 2.05) is 0 Å². The summed E-state index contributed by atoms with van der Waals surface area (Å²) in [6.07, 6.45) is 0.780. The van der Waals surface area contributed by atoms with E-state index >= 15 is 0 Å². The van der Waals surface area contributed by atoms with Gasteiger partial charge in [-0.3, -0.25) is 4.90 Å². The smallest absolute Gasteiger partial charge is 0.115 e. The van der Waals surface area contributed by atoms with Crippen LogP contribution < -0.4 is 0 Å². The van der Waals surface area contributed by atoms with Crippen molar-refractivity contribution in [3.05, 3.63) is 0 Å². The fourth-order valence-electron chi connectivity index (χ4n) is 2.84. The molecule has 2 saturated heterocycles. The highest BCUT2D eigenvalue weighted by Gasteiger charge is 2.50. The molecule has 2 aliphatic heterocycles. The van der Waals surface area contributed by atoms with E-state index in [4.69, 9.17) is 0 Å². The van der Waals surface area contributed by atoms with Gasteiger partial charge in [0, 0.05) is 25.0 Å². The Morgan fingerprint density at radius 2 is 2.25 bits per heavy atom. The second-order valence-electron chi connectivity index (χ2n) is 4.40. The van der Waals surface area contributed by atoms with Gasteiger partial charge >= 0.3 is 0 Å². The molecule has 0 radical (unpaired) electrons. The quantitative estimate of drug-likeness (QED) is 0.634. The molecular weight excluding hydrogens is 157 g/mol. The molecule has 3 atom stereocenters. The summed E-state index contributed by atoms with van der Waals surface area (Å²) in [6.45, 7) is 3.78. The van der Waals surface area contributed by atoms with Crippen molar-refractivity contribution in [1.82, 2.24) is 4.90 Å². The Morgan fingerprint density at radius 1 is 1.50 bits per heavy atom. The lowest BCUT2D eigenvalue weighted by Gasteiger charge is -2.28. The van der Waals surface area contributed by atoms with Crippen LogP contribution in [0.1, 0.15) is 19.8 Å². The molecule has 0 bridgehead atoms. The highest BCUT2D eigenvalue weighted by molar-refractivity contribution is 5.04. The average Bonchev–Trinajstić information content (AvgIpc) is 2.40. The summed E-state index contributed by atoms with van der Waals surface area (Å²) in [5, 5.41) is 9.25. The molecule has 2 rings (SSSR count). The summed E-state index contributed by atoms with van der Waals surface area (Å²) in [7, 11) is 0. The van der Waals surface area contributed by atoms with Crippen molar-refractivity contribution >= 4 is 0 Å². The van der Waals surface area contributed by atoms with Gasteiger partial charge in [-0.05, 0) is 12.3 Å². The van der Waals surface area contributed by atoms with Crippen molar-refractivity contribution in [2.45, 2.75) is 31.5 Å². The first-order valence-corrected chi connectivity index (χ1v) is 4.66. The third-order valence-corrected chi connectivity index (χ3v) is 3.25. The molecule has 1 unspecified atom stereocenters. The lowest BCUT2D eigenvalue weighted by molar-refractivity contribution is 0.0995. The van der Waals surface area contributed by atoms with Gasteiger partial charge in [-0.15, -0.1) is 0 Å².